The fraction of sp³-hybridized carbons (Fsp3) is 0.444. The third-order valence-corrected chi connectivity index (χ3v) is 1.62. The second-order valence-corrected chi connectivity index (χ2v) is 2.74. The zero-order valence-corrected chi connectivity index (χ0v) is 7.74. The van der Waals surface area contributed by atoms with E-state index in [2.05, 4.69) is 10.1 Å². The molecule has 1 atom stereocenters. The molecule has 1 heterocycles. The molecule has 0 unspecified atom stereocenters. The molecule has 0 spiro atoms. The highest BCUT2D eigenvalue weighted by molar-refractivity contribution is 5.77. The lowest BCUT2D eigenvalue weighted by atomic mass is 10.2. The van der Waals surface area contributed by atoms with Crippen molar-refractivity contribution < 1.29 is 13.9 Å². The van der Waals surface area contributed by atoms with E-state index in [1.54, 1.807) is 12.3 Å². The summed E-state index contributed by atoms with van der Waals surface area (Å²) >= 11 is 0. The van der Waals surface area contributed by atoms with E-state index >= 15 is 0 Å². The highest BCUT2D eigenvalue weighted by Crippen LogP contribution is 2.11. The van der Waals surface area contributed by atoms with E-state index in [0.717, 1.165) is 5.76 Å². The molecule has 0 radical (unpaired) electrons. The number of carbonyl (C=O) groups excluding carboxylic acids is 1. The van der Waals surface area contributed by atoms with Crippen LogP contribution in [0.3, 0.4) is 0 Å². The number of amides is 1. The van der Waals surface area contributed by atoms with Crippen LogP contribution in [0.25, 0.3) is 0 Å². The fourth-order valence-electron chi connectivity index (χ4n) is 1.02. The van der Waals surface area contributed by atoms with Crippen LogP contribution in [0.1, 0.15) is 18.7 Å². The molecular weight excluding hydrogens is 170 g/mol. The number of hydrogen-bond donors (Lipinski definition) is 1. The van der Waals surface area contributed by atoms with Crippen molar-refractivity contribution in [2.24, 2.45) is 0 Å². The van der Waals surface area contributed by atoms with Gasteiger partial charge < -0.3 is 14.5 Å². The number of furan rings is 1. The van der Waals surface area contributed by atoms with E-state index in [4.69, 9.17) is 4.42 Å². The first kappa shape index (κ1) is 9.80. The van der Waals surface area contributed by atoms with Crippen molar-refractivity contribution in [2.75, 3.05) is 13.7 Å². The fourth-order valence-corrected chi connectivity index (χ4v) is 1.02. The van der Waals surface area contributed by atoms with E-state index in [1.165, 1.54) is 7.11 Å². The maximum atomic E-state index is 11.1. The number of ether oxygens (including phenoxy) is 1. The Hall–Kier alpha value is -1.29. The Kier molecular flexibility index (Phi) is 3.52. The van der Waals surface area contributed by atoms with Gasteiger partial charge in [0.15, 0.2) is 0 Å². The number of methoxy groups -OCH3 is 1. The van der Waals surface area contributed by atoms with Gasteiger partial charge in [-0.3, -0.25) is 4.79 Å². The average molecular weight is 183 g/mol. The predicted octanol–water partition coefficient (Wildman–Crippen LogP) is 1.10. The molecule has 0 saturated heterocycles. The molecular formula is C9H13NO3. The summed E-state index contributed by atoms with van der Waals surface area (Å²) in [5.74, 6) is 0.593. The molecule has 1 rings (SSSR count). The van der Waals surface area contributed by atoms with Gasteiger partial charge in [0, 0.05) is 7.11 Å². The molecule has 4 heteroatoms. The standard InChI is InChI=1S/C9H13NO3/c1-7(8-4-3-5-13-8)10-9(11)6-12-2/h3-5,7H,6H2,1-2H3,(H,10,11)/t7-/m0/s1. The van der Waals surface area contributed by atoms with Gasteiger partial charge in [-0.15, -0.1) is 0 Å². The SMILES string of the molecule is COCC(=O)N[C@@H](C)c1ccco1. The molecule has 0 aliphatic rings. The van der Waals surface area contributed by atoms with Crippen LogP contribution in [0.4, 0.5) is 0 Å². The summed E-state index contributed by atoms with van der Waals surface area (Å²) in [4.78, 5) is 11.1. The van der Waals surface area contributed by atoms with Gasteiger partial charge in [0.1, 0.15) is 12.4 Å². The molecule has 0 aliphatic heterocycles. The minimum Gasteiger partial charge on any atom is -0.467 e. The quantitative estimate of drug-likeness (QED) is 0.760. The molecule has 1 aromatic rings. The van der Waals surface area contributed by atoms with E-state index in [1.807, 2.05) is 13.0 Å². The van der Waals surface area contributed by atoms with Crippen molar-refractivity contribution in [3.63, 3.8) is 0 Å². The first-order valence-corrected chi connectivity index (χ1v) is 4.05. The molecule has 0 saturated carbocycles. The second kappa shape index (κ2) is 4.67. The summed E-state index contributed by atoms with van der Waals surface area (Å²) in [6.07, 6.45) is 1.58. The highest BCUT2D eigenvalue weighted by Gasteiger charge is 2.10. The van der Waals surface area contributed by atoms with E-state index in [0.29, 0.717) is 0 Å². The molecule has 1 amide bonds. The Morgan fingerprint density at radius 1 is 1.77 bits per heavy atom. The van der Waals surface area contributed by atoms with Gasteiger partial charge in [-0.2, -0.15) is 0 Å². The summed E-state index contributed by atoms with van der Waals surface area (Å²) in [6.45, 7) is 1.93. The summed E-state index contributed by atoms with van der Waals surface area (Å²) in [6, 6.07) is 3.49. The molecule has 72 valence electrons. The van der Waals surface area contributed by atoms with Crippen LogP contribution in [-0.2, 0) is 9.53 Å². The monoisotopic (exact) mass is 183 g/mol. The maximum Gasteiger partial charge on any atom is 0.246 e. The Balaban J connectivity index is 2.42. The number of hydrogen-bond acceptors (Lipinski definition) is 3. The van der Waals surface area contributed by atoms with Gasteiger partial charge in [0.05, 0.1) is 12.3 Å². The molecule has 1 aromatic heterocycles. The van der Waals surface area contributed by atoms with Gasteiger partial charge in [0.25, 0.3) is 0 Å². The van der Waals surface area contributed by atoms with Gasteiger partial charge in [-0.05, 0) is 19.1 Å². The molecule has 1 N–H and O–H groups in total. The summed E-state index contributed by atoms with van der Waals surface area (Å²) in [5.41, 5.74) is 0. The van der Waals surface area contributed by atoms with Crippen molar-refractivity contribution in [1.82, 2.24) is 5.32 Å². The predicted molar refractivity (Wildman–Crippen MR) is 47.1 cm³/mol. The third-order valence-electron chi connectivity index (χ3n) is 1.62. The Morgan fingerprint density at radius 2 is 2.54 bits per heavy atom. The molecule has 13 heavy (non-hydrogen) atoms. The average Bonchev–Trinajstić information content (AvgIpc) is 2.55. The van der Waals surface area contributed by atoms with Crippen molar-refractivity contribution in [1.29, 1.82) is 0 Å². The van der Waals surface area contributed by atoms with E-state index in [-0.39, 0.29) is 18.6 Å². The van der Waals surface area contributed by atoms with Gasteiger partial charge in [-0.1, -0.05) is 0 Å². The molecule has 0 aromatic carbocycles. The van der Waals surface area contributed by atoms with E-state index < -0.39 is 0 Å². The smallest absolute Gasteiger partial charge is 0.246 e. The van der Waals surface area contributed by atoms with Crippen LogP contribution in [0.15, 0.2) is 22.8 Å². The molecule has 0 bridgehead atoms. The van der Waals surface area contributed by atoms with Crippen LogP contribution in [0.5, 0.6) is 0 Å². The molecule has 4 nitrogen and oxygen atoms in total. The first-order valence-electron chi connectivity index (χ1n) is 4.05. The van der Waals surface area contributed by atoms with E-state index in [9.17, 15) is 4.79 Å². The lowest BCUT2D eigenvalue weighted by Gasteiger charge is -2.10. The summed E-state index contributed by atoms with van der Waals surface area (Å²) in [5, 5.41) is 2.73. The maximum absolute atomic E-state index is 11.1. The minimum absolute atomic E-state index is 0.0745. The molecule has 0 fully saturated rings. The van der Waals surface area contributed by atoms with Crippen molar-refractivity contribution in [3.05, 3.63) is 24.2 Å². The zero-order valence-electron chi connectivity index (χ0n) is 7.74. The highest BCUT2D eigenvalue weighted by atomic mass is 16.5. The lowest BCUT2D eigenvalue weighted by molar-refractivity contribution is -0.125. The van der Waals surface area contributed by atoms with Crippen LogP contribution < -0.4 is 5.32 Å². The van der Waals surface area contributed by atoms with Gasteiger partial charge in [-0.25, -0.2) is 0 Å². The van der Waals surface area contributed by atoms with Crippen LogP contribution in [0.2, 0.25) is 0 Å². The summed E-state index contributed by atoms with van der Waals surface area (Å²) < 4.78 is 9.80. The van der Waals surface area contributed by atoms with Gasteiger partial charge in [0.2, 0.25) is 5.91 Å². The minimum atomic E-state index is -0.147. The lowest BCUT2D eigenvalue weighted by Crippen LogP contribution is -2.29. The number of rotatable bonds is 4. The van der Waals surface area contributed by atoms with Crippen LogP contribution in [0, 0.1) is 0 Å². The Bertz CT molecular complexity index is 256. The second-order valence-electron chi connectivity index (χ2n) is 2.74. The third kappa shape index (κ3) is 2.91. The normalized spacial score (nSPS) is 12.5. The number of nitrogens with one attached hydrogen (secondary N) is 1. The van der Waals surface area contributed by atoms with Crippen molar-refractivity contribution in [3.8, 4) is 0 Å². The Morgan fingerprint density at radius 3 is 3.08 bits per heavy atom. The zero-order chi connectivity index (χ0) is 9.68. The van der Waals surface area contributed by atoms with Gasteiger partial charge >= 0.3 is 0 Å². The summed E-state index contributed by atoms with van der Waals surface area (Å²) in [7, 11) is 1.48. The van der Waals surface area contributed by atoms with Crippen molar-refractivity contribution >= 4 is 5.91 Å². The van der Waals surface area contributed by atoms with Crippen molar-refractivity contribution in [2.45, 2.75) is 13.0 Å². The topological polar surface area (TPSA) is 51.5 Å². The Labute approximate surface area is 76.9 Å². The number of carbonyl (C=O) groups is 1. The first-order chi connectivity index (χ1) is 6.24. The molecule has 0 aliphatic carbocycles. The van der Waals surface area contributed by atoms with Crippen LogP contribution >= 0.6 is 0 Å². The van der Waals surface area contributed by atoms with Crippen LogP contribution in [-0.4, -0.2) is 19.6 Å². The largest absolute Gasteiger partial charge is 0.467 e.